The Hall–Kier alpha value is -3.09. The molecule has 2 aromatic rings. The average Bonchev–Trinajstić information content (AvgIpc) is 3.05. The molecular formula is C15H12N2O5. The number of benzene rings is 1. The van der Waals surface area contributed by atoms with E-state index in [4.69, 9.17) is 13.9 Å². The minimum atomic E-state index is -1.35. The Morgan fingerprint density at radius 1 is 1.18 bits per heavy atom. The maximum atomic E-state index is 12.1. The summed E-state index contributed by atoms with van der Waals surface area (Å²) in [6.07, 6.45) is 1.45. The van der Waals surface area contributed by atoms with Gasteiger partial charge in [-0.2, -0.15) is 4.99 Å². The van der Waals surface area contributed by atoms with E-state index in [1.807, 2.05) is 0 Å². The number of carbonyl (C=O) groups excluding carboxylic acids is 2. The lowest BCUT2D eigenvalue weighted by atomic mass is 10.2. The van der Waals surface area contributed by atoms with Crippen LogP contribution in [0.15, 0.2) is 52.3 Å². The highest BCUT2D eigenvalue weighted by molar-refractivity contribution is 6.22. The molecule has 3 rings (SSSR count). The second-order valence-electron chi connectivity index (χ2n) is 4.45. The van der Waals surface area contributed by atoms with Crippen LogP contribution in [0.5, 0.6) is 11.5 Å². The number of para-hydroxylation sites is 2. The SMILES string of the molecule is COc1ccccc1OC1C(=O)N=C(c2ccoc2)NC1=O. The number of ether oxygens (including phenoxy) is 2. The Balaban J connectivity index is 1.84. The highest BCUT2D eigenvalue weighted by atomic mass is 16.5. The highest BCUT2D eigenvalue weighted by Gasteiger charge is 2.35. The van der Waals surface area contributed by atoms with Crippen LogP contribution < -0.4 is 14.8 Å². The Morgan fingerprint density at radius 2 is 1.95 bits per heavy atom. The third-order valence-corrected chi connectivity index (χ3v) is 3.03. The van der Waals surface area contributed by atoms with E-state index < -0.39 is 17.9 Å². The molecule has 1 aromatic carbocycles. The van der Waals surface area contributed by atoms with Gasteiger partial charge in [0.1, 0.15) is 12.1 Å². The fourth-order valence-electron chi connectivity index (χ4n) is 1.97. The summed E-state index contributed by atoms with van der Waals surface area (Å²) in [5.41, 5.74) is 0.512. The Kier molecular flexibility index (Phi) is 3.61. The van der Waals surface area contributed by atoms with E-state index in [9.17, 15) is 9.59 Å². The molecule has 0 saturated carbocycles. The summed E-state index contributed by atoms with van der Waals surface area (Å²) >= 11 is 0. The molecule has 0 radical (unpaired) electrons. The van der Waals surface area contributed by atoms with Crippen LogP contribution in [-0.2, 0) is 9.59 Å². The van der Waals surface area contributed by atoms with Crippen molar-refractivity contribution in [1.82, 2.24) is 5.32 Å². The topological polar surface area (TPSA) is 90.1 Å². The van der Waals surface area contributed by atoms with Crippen molar-refractivity contribution in [1.29, 1.82) is 0 Å². The number of nitrogens with zero attached hydrogens (tertiary/aromatic N) is 1. The van der Waals surface area contributed by atoms with Gasteiger partial charge in [-0.1, -0.05) is 12.1 Å². The number of rotatable bonds is 4. The van der Waals surface area contributed by atoms with E-state index in [1.165, 1.54) is 19.6 Å². The van der Waals surface area contributed by atoms with E-state index >= 15 is 0 Å². The number of aliphatic imine (C=N–C) groups is 1. The van der Waals surface area contributed by atoms with Gasteiger partial charge in [-0.05, 0) is 18.2 Å². The smallest absolute Gasteiger partial charge is 0.298 e. The molecule has 1 aliphatic rings. The lowest BCUT2D eigenvalue weighted by molar-refractivity contribution is -0.137. The number of amidine groups is 1. The number of furan rings is 1. The molecule has 7 heteroatoms. The number of nitrogens with one attached hydrogen (secondary N) is 1. The lowest BCUT2D eigenvalue weighted by Crippen LogP contribution is -2.50. The van der Waals surface area contributed by atoms with Crippen molar-refractivity contribution < 1.29 is 23.5 Å². The second-order valence-corrected chi connectivity index (χ2v) is 4.45. The number of methoxy groups -OCH3 is 1. The fourth-order valence-corrected chi connectivity index (χ4v) is 1.97. The summed E-state index contributed by atoms with van der Waals surface area (Å²) in [6.45, 7) is 0. The molecule has 1 unspecified atom stereocenters. The molecule has 112 valence electrons. The van der Waals surface area contributed by atoms with Gasteiger partial charge in [0.2, 0.25) is 0 Å². The van der Waals surface area contributed by atoms with Gasteiger partial charge < -0.3 is 19.2 Å². The minimum absolute atomic E-state index is 0.142. The molecule has 0 spiro atoms. The average molecular weight is 300 g/mol. The fraction of sp³-hybridized carbons (Fsp3) is 0.133. The third kappa shape index (κ3) is 2.56. The predicted molar refractivity (Wildman–Crippen MR) is 75.8 cm³/mol. The lowest BCUT2D eigenvalue weighted by Gasteiger charge is -2.21. The van der Waals surface area contributed by atoms with E-state index in [1.54, 1.807) is 30.3 Å². The van der Waals surface area contributed by atoms with Gasteiger partial charge in [-0.25, -0.2) is 0 Å². The first-order valence-corrected chi connectivity index (χ1v) is 6.44. The molecule has 1 aliphatic heterocycles. The van der Waals surface area contributed by atoms with E-state index in [-0.39, 0.29) is 5.84 Å². The van der Waals surface area contributed by atoms with Crippen LogP contribution in [0.1, 0.15) is 5.56 Å². The van der Waals surface area contributed by atoms with Crippen molar-refractivity contribution in [2.45, 2.75) is 6.10 Å². The first kappa shape index (κ1) is 13.9. The quantitative estimate of drug-likeness (QED) is 0.855. The van der Waals surface area contributed by atoms with Crippen molar-refractivity contribution >= 4 is 17.6 Å². The maximum Gasteiger partial charge on any atom is 0.298 e. The molecule has 0 aliphatic carbocycles. The first-order chi connectivity index (χ1) is 10.7. The Bertz CT molecular complexity index is 736. The summed E-state index contributed by atoms with van der Waals surface area (Å²) in [4.78, 5) is 28.0. The zero-order valence-electron chi connectivity index (χ0n) is 11.6. The number of hydrogen-bond donors (Lipinski definition) is 1. The monoisotopic (exact) mass is 300 g/mol. The standard InChI is InChI=1S/C15H12N2O5/c1-20-10-4-2-3-5-11(10)22-12-14(18)16-13(17-15(12)19)9-6-7-21-8-9/h2-8,12H,1H3,(H,16,17,18,19). The summed E-state index contributed by atoms with van der Waals surface area (Å²) in [5.74, 6) is -0.426. The zero-order valence-corrected chi connectivity index (χ0v) is 11.6. The van der Waals surface area contributed by atoms with Gasteiger partial charge in [0.15, 0.2) is 11.5 Å². The summed E-state index contributed by atoms with van der Waals surface area (Å²) in [7, 11) is 1.47. The van der Waals surface area contributed by atoms with Crippen molar-refractivity contribution in [2.75, 3.05) is 7.11 Å². The van der Waals surface area contributed by atoms with Gasteiger partial charge in [0.05, 0.1) is 18.9 Å². The van der Waals surface area contributed by atoms with E-state index in [0.717, 1.165) is 0 Å². The van der Waals surface area contributed by atoms with Crippen LogP contribution >= 0.6 is 0 Å². The molecule has 1 aromatic heterocycles. The van der Waals surface area contributed by atoms with Crippen molar-refractivity contribution in [3.8, 4) is 11.5 Å². The van der Waals surface area contributed by atoms with Crippen LogP contribution in [0.4, 0.5) is 0 Å². The Morgan fingerprint density at radius 3 is 2.59 bits per heavy atom. The predicted octanol–water partition coefficient (Wildman–Crippen LogP) is 1.14. The zero-order chi connectivity index (χ0) is 15.5. The number of hydrogen-bond acceptors (Lipinski definition) is 5. The van der Waals surface area contributed by atoms with E-state index in [0.29, 0.717) is 17.1 Å². The van der Waals surface area contributed by atoms with Crippen LogP contribution in [0.2, 0.25) is 0 Å². The van der Waals surface area contributed by atoms with Gasteiger partial charge >= 0.3 is 0 Å². The summed E-state index contributed by atoms with van der Waals surface area (Å²) < 4.78 is 15.5. The third-order valence-electron chi connectivity index (χ3n) is 3.03. The maximum absolute atomic E-state index is 12.1. The normalized spacial score (nSPS) is 17.7. The van der Waals surface area contributed by atoms with Crippen molar-refractivity contribution in [3.63, 3.8) is 0 Å². The van der Waals surface area contributed by atoms with E-state index in [2.05, 4.69) is 10.3 Å². The van der Waals surface area contributed by atoms with Gasteiger partial charge in [0, 0.05) is 0 Å². The van der Waals surface area contributed by atoms with Gasteiger partial charge in [-0.15, -0.1) is 0 Å². The minimum Gasteiger partial charge on any atom is -0.493 e. The van der Waals surface area contributed by atoms with Crippen LogP contribution in [-0.4, -0.2) is 30.9 Å². The Labute approximate surface area is 125 Å². The molecule has 0 fully saturated rings. The molecule has 22 heavy (non-hydrogen) atoms. The molecule has 2 heterocycles. The number of amides is 2. The number of carbonyl (C=O) groups is 2. The molecule has 1 N–H and O–H groups in total. The molecule has 7 nitrogen and oxygen atoms in total. The molecule has 0 saturated heterocycles. The van der Waals surface area contributed by atoms with Gasteiger partial charge in [0.25, 0.3) is 17.9 Å². The summed E-state index contributed by atoms with van der Waals surface area (Å²) in [5, 5.41) is 2.52. The molecule has 0 bridgehead atoms. The van der Waals surface area contributed by atoms with Gasteiger partial charge in [-0.3, -0.25) is 9.59 Å². The first-order valence-electron chi connectivity index (χ1n) is 6.44. The second kappa shape index (κ2) is 5.72. The van der Waals surface area contributed by atoms with Crippen LogP contribution in [0, 0.1) is 0 Å². The largest absolute Gasteiger partial charge is 0.493 e. The molecule has 2 amide bonds. The molecule has 1 atom stereocenters. The van der Waals surface area contributed by atoms with Crippen LogP contribution in [0.3, 0.4) is 0 Å². The van der Waals surface area contributed by atoms with Crippen molar-refractivity contribution in [3.05, 3.63) is 48.4 Å². The molecular weight excluding hydrogens is 288 g/mol. The highest BCUT2D eigenvalue weighted by Crippen LogP contribution is 2.27. The summed E-state index contributed by atoms with van der Waals surface area (Å²) in [6, 6.07) is 8.33. The van der Waals surface area contributed by atoms with Crippen LogP contribution in [0.25, 0.3) is 0 Å². The van der Waals surface area contributed by atoms with Crippen molar-refractivity contribution in [2.24, 2.45) is 4.99 Å².